The lowest BCUT2D eigenvalue weighted by Crippen LogP contribution is -2.16. The maximum absolute atomic E-state index is 5.88. The lowest BCUT2D eigenvalue weighted by molar-refractivity contribution is 0.325. The van der Waals surface area contributed by atoms with Gasteiger partial charge in [0.15, 0.2) is 0 Å². The van der Waals surface area contributed by atoms with Crippen molar-refractivity contribution in [2.24, 2.45) is 11.7 Å². The van der Waals surface area contributed by atoms with Crippen LogP contribution in [-0.2, 0) is 0 Å². The molecule has 2 rings (SSSR count). The quantitative estimate of drug-likeness (QED) is 0.832. The SMILES string of the molecule is CC(C)[C@H](N)c1nc(-c2ccoc2)no1. The molecule has 5 nitrogen and oxygen atoms in total. The molecule has 1 atom stereocenters. The molecule has 0 aliphatic carbocycles. The van der Waals surface area contributed by atoms with Crippen LogP contribution in [-0.4, -0.2) is 10.1 Å². The first-order valence-electron chi connectivity index (χ1n) is 4.80. The fourth-order valence-electron chi connectivity index (χ4n) is 1.16. The first kappa shape index (κ1) is 9.92. The van der Waals surface area contributed by atoms with Crippen LogP contribution in [0.3, 0.4) is 0 Å². The van der Waals surface area contributed by atoms with Crippen LogP contribution in [0.4, 0.5) is 0 Å². The smallest absolute Gasteiger partial charge is 0.244 e. The first-order chi connectivity index (χ1) is 7.18. The Bertz CT molecular complexity index is 420. The molecule has 0 bridgehead atoms. The highest BCUT2D eigenvalue weighted by Crippen LogP contribution is 2.21. The Morgan fingerprint density at radius 2 is 2.20 bits per heavy atom. The Kier molecular flexibility index (Phi) is 2.55. The van der Waals surface area contributed by atoms with Gasteiger partial charge in [-0.2, -0.15) is 4.98 Å². The molecule has 2 aromatic heterocycles. The molecule has 2 heterocycles. The van der Waals surface area contributed by atoms with Crippen molar-refractivity contribution in [2.75, 3.05) is 0 Å². The molecule has 5 heteroatoms. The van der Waals surface area contributed by atoms with Crippen molar-refractivity contribution in [2.45, 2.75) is 19.9 Å². The highest BCUT2D eigenvalue weighted by atomic mass is 16.5. The van der Waals surface area contributed by atoms with E-state index < -0.39 is 0 Å². The molecule has 80 valence electrons. The molecule has 0 aromatic carbocycles. The lowest BCUT2D eigenvalue weighted by Gasteiger charge is -2.08. The van der Waals surface area contributed by atoms with Crippen molar-refractivity contribution in [1.29, 1.82) is 0 Å². The van der Waals surface area contributed by atoms with Gasteiger partial charge in [0.1, 0.15) is 6.26 Å². The Labute approximate surface area is 87.3 Å². The van der Waals surface area contributed by atoms with Gasteiger partial charge >= 0.3 is 0 Å². The Morgan fingerprint density at radius 3 is 2.80 bits per heavy atom. The number of furan rings is 1. The monoisotopic (exact) mass is 207 g/mol. The molecule has 0 radical (unpaired) electrons. The minimum Gasteiger partial charge on any atom is -0.472 e. The van der Waals surface area contributed by atoms with E-state index in [-0.39, 0.29) is 12.0 Å². The molecule has 0 aliphatic rings. The van der Waals surface area contributed by atoms with E-state index in [1.165, 1.54) is 0 Å². The van der Waals surface area contributed by atoms with Crippen LogP contribution in [0.1, 0.15) is 25.8 Å². The Morgan fingerprint density at radius 1 is 1.40 bits per heavy atom. The van der Waals surface area contributed by atoms with Crippen LogP contribution in [0.15, 0.2) is 27.5 Å². The van der Waals surface area contributed by atoms with Crippen molar-refractivity contribution in [3.05, 3.63) is 24.5 Å². The molecule has 0 saturated carbocycles. The number of aromatic nitrogens is 2. The Balaban J connectivity index is 2.25. The Hall–Kier alpha value is -1.62. The lowest BCUT2D eigenvalue weighted by atomic mass is 10.1. The fourth-order valence-corrected chi connectivity index (χ4v) is 1.16. The van der Waals surface area contributed by atoms with Gasteiger partial charge in [0, 0.05) is 0 Å². The molecule has 0 saturated heterocycles. The first-order valence-corrected chi connectivity index (χ1v) is 4.80. The van der Waals surface area contributed by atoms with E-state index in [9.17, 15) is 0 Å². The summed E-state index contributed by atoms with van der Waals surface area (Å²) < 4.78 is 10.0. The number of nitrogens with two attached hydrogens (primary N) is 1. The maximum atomic E-state index is 5.88. The van der Waals surface area contributed by atoms with Gasteiger partial charge in [-0.1, -0.05) is 19.0 Å². The highest BCUT2D eigenvalue weighted by Gasteiger charge is 2.18. The second-order valence-electron chi connectivity index (χ2n) is 3.74. The van der Waals surface area contributed by atoms with Crippen LogP contribution in [0.25, 0.3) is 11.4 Å². The maximum Gasteiger partial charge on any atom is 0.244 e. The van der Waals surface area contributed by atoms with Crippen LogP contribution in [0.5, 0.6) is 0 Å². The molecule has 0 fully saturated rings. The van der Waals surface area contributed by atoms with Gasteiger partial charge in [-0.3, -0.25) is 0 Å². The average molecular weight is 207 g/mol. The van der Waals surface area contributed by atoms with Gasteiger partial charge in [0.05, 0.1) is 17.9 Å². The van der Waals surface area contributed by atoms with Gasteiger partial charge in [-0.25, -0.2) is 0 Å². The van der Waals surface area contributed by atoms with Gasteiger partial charge in [-0.15, -0.1) is 0 Å². The molecule has 2 aromatic rings. The van der Waals surface area contributed by atoms with E-state index in [2.05, 4.69) is 10.1 Å². The number of hydrogen-bond donors (Lipinski definition) is 1. The van der Waals surface area contributed by atoms with E-state index in [0.29, 0.717) is 11.7 Å². The molecule has 2 N–H and O–H groups in total. The van der Waals surface area contributed by atoms with Crippen molar-refractivity contribution < 1.29 is 8.94 Å². The summed E-state index contributed by atoms with van der Waals surface area (Å²) in [4.78, 5) is 4.21. The molecule has 0 amide bonds. The number of nitrogens with zero attached hydrogens (tertiary/aromatic N) is 2. The minimum absolute atomic E-state index is 0.224. The van der Waals surface area contributed by atoms with Crippen molar-refractivity contribution >= 4 is 0 Å². The largest absolute Gasteiger partial charge is 0.472 e. The topological polar surface area (TPSA) is 78.1 Å². The summed E-state index contributed by atoms with van der Waals surface area (Å²) >= 11 is 0. The average Bonchev–Trinajstić information content (AvgIpc) is 2.86. The van der Waals surface area contributed by atoms with Gasteiger partial charge in [0.25, 0.3) is 0 Å². The third kappa shape index (κ3) is 1.92. The third-order valence-electron chi connectivity index (χ3n) is 2.22. The van der Waals surface area contributed by atoms with Gasteiger partial charge in [0.2, 0.25) is 11.7 Å². The predicted octanol–water partition coefficient (Wildman–Crippen LogP) is 1.99. The summed E-state index contributed by atoms with van der Waals surface area (Å²) in [5.74, 6) is 1.23. The number of rotatable bonds is 3. The van der Waals surface area contributed by atoms with E-state index in [4.69, 9.17) is 14.7 Å². The van der Waals surface area contributed by atoms with E-state index in [1.54, 1.807) is 18.6 Å². The fraction of sp³-hybridized carbons (Fsp3) is 0.400. The zero-order valence-corrected chi connectivity index (χ0v) is 8.68. The van der Waals surface area contributed by atoms with E-state index in [0.717, 1.165) is 5.56 Å². The normalized spacial score (nSPS) is 13.3. The van der Waals surface area contributed by atoms with E-state index in [1.807, 2.05) is 13.8 Å². The van der Waals surface area contributed by atoms with Gasteiger partial charge < -0.3 is 14.7 Å². The van der Waals surface area contributed by atoms with Crippen LogP contribution in [0, 0.1) is 5.92 Å². The third-order valence-corrected chi connectivity index (χ3v) is 2.22. The van der Waals surface area contributed by atoms with Crippen molar-refractivity contribution in [3.8, 4) is 11.4 Å². The predicted molar refractivity (Wildman–Crippen MR) is 53.8 cm³/mol. The number of hydrogen-bond acceptors (Lipinski definition) is 5. The molecule has 0 unspecified atom stereocenters. The molecule has 0 aliphatic heterocycles. The minimum atomic E-state index is -0.224. The molecule has 0 spiro atoms. The summed E-state index contributed by atoms with van der Waals surface area (Å²) in [6, 6.07) is 1.55. The van der Waals surface area contributed by atoms with E-state index >= 15 is 0 Å². The second kappa shape index (κ2) is 3.86. The summed E-state index contributed by atoms with van der Waals surface area (Å²) in [6.45, 7) is 4.01. The summed E-state index contributed by atoms with van der Waals surface area (Å²) in [5, 5.41) is 3.84. The molecular formula is C10H13N3O2. The van der Waals surface area contributed by atoms with Crippen LogP contribution >= 0.6 is 0 Å². The van der Waals surface area contributed by atoms with Crippen molar-refractivity contribution in [1.82, 2.24) is 10.1 Å². The summed E-state index contributed by atoms with van der Waals surface area (Å²) in [7, 11) is 0. The molecular weight excluding hydrogens is 194 g/mol. The second-order valence-corrected chi connectivity index (χ2v) is 3.74. The zero-order valence-electron chi connectivity index (χ0n) is 8.68. The molecule has 15 heavy (non-hydrogen) atoms. The highest BCUT2D eigenvalue weighted by molar-refractivity contribution is 5.51. The summed E-state index contributed by atoms with van der Waals surface area (Å²) in [6.07, 6.45) is 3.13. The van der Waals surface area contributed by atoms with Crippen LogP contribution < -0.4 is 5.73 Å². The standard InChI is InChI=1S/C10H13N3O2/c1-6(2)8(11)10-12-9(13-15-10)7-3-4-14-5-7/h3-6,8H,11H2,1-2H3/t8-/m0/s1. The van der Waals surface area contributed by atoms with Crippen molar-refractivity contribution in [3.63, 3.8) is 0 Å². The van der Waals surface area contributed by atoms with Crippen LogP contribution in [0.2, 0.25) is 0 Å². The summed E-state index contributed by atoms with van der Waals surface area (Å²) in [5.41, 5.74) is 6.68. The zero-order chi connectivity index (χ0) is 10.8. The van der Waals surface area contributed by atoms with Gasteiger partial charge in [-0.05, 0) is 12.0 Å².